The standard InChI is InChI=1S/C20H31F3O3/c21-18-12-14(13-4-2-1-3-5-13)6-11-17(18)19(24)25-15-7-9-16(10-8-15)26-20(22)23/h13-18,20H,1-12H2. The summed E-state index contributed by atoms with van der Waals surface area (Å²) in [6, 6.07) is 0. The van der Waals surface area contributed by atoms with E-state index in [2.05, 4.69) is 4.74 Å². The van der Waals surface area contributed by atoms with Crippen molar-refractivity contribution in [3.8, 4) is 0 Å². The average Bonchev–Trinajstić information content (AvgIpc) is 2.63. The maximum atomic E-state index is 14.7. The van der Waals surface area contributed by atoms with E-state index < -0.39 is 30.8 Å². The van der Waals surface area contributed by atoms with E-state index in [0.717, 1.165) is 6.42 Å². The number of carbonyl (C=O) groups is 1. The van der Waals surface area contributed by atoms with E-state index in [1.54, 1.807) is 0 Å². The third kappa shape index (κ3) is 5.37. The second-order valence-corrected chi connectivity index (χ2v) is 8.33. The van der Waals surface area contributed by atoms with Crippen molar-refractivity contribution in [1.29, 1.82) is 0 Å². The van der Waals surface area contributed by atoms with Crippen LogP contribution in [0, 0.1) is 17.8 Å². The van der Waals surface area contributed by atoms with Crippen LogP contribution in [-0.2, 0) is 14.3 Å². The fraction of sp³-hybridized carbons (Fsp3) is 0.950. The summed E-state index contributed by atoms with van der Waals surface area (Å²) in [6.07, 6.45) is 8.25. The van der Waals surface area contributed by atoms with Crippen LogP contribution in [0.1, 0.15) is 77.0 Å². The zero-order valence-corrected chi connectivity index (χ0v) is 15.4. The van der Waals surface area contributed by atoms with Crippen LogP contribution < -0.4 is 0 Å². The maximum Gasteiger partial charge on any atom is 0.345 e. The molecule has 0 saturated heterocycles. The minimum atomic E-state index is -2.76. The Morgan fingerprint density at radius 1 is 0.808 bits per heavy atom. The molecule has 150 valence electrons. The van der Waals surface area contributed by atoms with Crippen LogP contribution in [0.3, 0.4) is 0 Å². The summed E-state index contributed by atoms with van der Waals surface area (Å²) >= 11 is 0. The molecule has 3 unspecified atom stereocenters. The highest BCUT2D eigenvalue weighted by molar-refractivity contribution is 5.73. The quantitative estimate of drug-likeness (QED) is 0.602. The summed E-state index contributed by atoms with van der Waals surface area (Å²) in [6.45, 7) is -2.76. The largest absolute Gasteiger partial charge is 0.462 e. The number of alkyl halides is 3. The molecule has 0 aliphatic heterocycles. The third-order valence-corrected chi connectivity index (χ3v) is 6.63. The Kier molecular flexibility index (Phi) is 7.24. The van der Waals surface area contributed by atoms with Crippen molar-refractivity contribution in [2.45, 2.75) is 102 Å². The number of carbonyl (C=O) groups excluding carboxylic acids is 1. The fourth-order valence-corrected chi connectivity index (χ4v) is 5.13. The molecule has 0 aromatic rings. The lowest BCUT2D eigenvalue weighted by molar-refractivity contribution is -0.181. The normalized spacial score (nSPS) is 36.8. The molecule has 0 radical (unpaired) electrons. The minimum absolute atomic E-state index is 0.289. The van der Waals surface area contributed by atoms with E-state index in [9.17, 15) is 18.0 Å². The molecule has 3 atom stereocenters. The van der Waals surface area contributed by atoms with Crippen LogP contribution in [0.4, 0.5) is 13.2 Å². The van der Waals surface area contributed by atoms with Gasteiger partial charge in [-0.2, -0.15) is 8.78 Å². The van der Waals surface area contributed by atoms with Gasteiger partial charge in [0.2, 0.25) is 0 Å². The number of hydrogen-bond donors (Lipinski definition) is 0. The number of hydrogen-bond acceptors (Lipinski definition) is 3. The molecular formula is C20H31F3O3. The van der Waals surface area contributed by atoms with E-state index in [1.165, 1.54) is 32.1 Å². The molecule has 0 spiro atoms. The zero-order chi connectivity index (χ0) is 18.5. The van der Waals surface area contributed by atoms with Crippen LogP contribution in [-0.4, -0.2) is 31.0 Å². The Balaban J connectivity index is 1.41. The average molecular weight is 376 g/mol. The minimum Gasteiger partial charge on any atom is -0.462 e. The van der Waals surface area contributed by atoms with Crippen molar-refractivity contribution >= 4 is 5.97 Å². The van der Waals surface area contributed by atoms with Crippen LogP contribution in [0.2, 0.25) is 0 Å². The third-order valence-electron chi connectivity index (χ3n) is 6.63. The van der Waals surface area contributed by atoms with E-state index >= 15 is 0 Å². The summed E-state index contributed by atoms with van der Waals surface area (Å²) in [5.41, 5.74) is 0. The van der Waals surface area contributed by atoms with E-state index in [-0.39, 0.29) is 6.10 Å². The van der Waals surface area contributed by atoms with Gasteiger partial charge >= 0.3 is 12.6 Å². The highest BCUT2D eigenvalue weighted by atomic mass is 19.3. The first-order valence-electron chi connectivity index (χ1n) is 10.3. The van der Waals surface area contributed by atoms with Crippen molar-refractivity contribution < 1.29 is 27.4 Å². The van der Waals surface area contributed by atoms with E-state index in [0.29, 0.717) is 50.4 Å². The van der Waals surface area contributed by atoms with E-state index in [4.69, 9.17) is 4.74 Å². The second-order valence-electron chi connectivity index (χ2n) is 8.33. The summed E-state index contributed by atoms with van der Waals surface area (Å²) in [5, 5.41) is 0. The molecule has 3 nitrogen and oxygen atoms in total. The van der Waals surface area contributed by atoms with Gasteiger partial charge in [-0.1, -0.05) is 32.1 Å². The molecule has 0 aromatic heterocycles. The molecule has 0 heterocycles. The zero-order valence-electron chi connectivity index (χ0n) is 15.4. The Hall–Kier alpha value is -0.780. The molecule has 0 bridgehead atoms. The summed E-state index contributed by atoms with van der Waals surface area (Å²) in [4.78, 5) is 12.4. The predicted octanol–water partition coefficient (Wildman–Crippen LogP) is 5.41. The molecule has 3 fully saturated rings. The molecule has 26 heavy (non-hydrogen) atoms. The molecule has 3 rings (SSSR count). The lowest BCUT2D eigenvalue weighted by atomic mass is 9.70. The Morgan fingerprint density at radius 2 is 1.46 bits per heavy atom. The molecule has 6 heteroatoms. The van der Waals surface area contributed by atoms with Gasteiger partial charge in [0.05, 0.1) is 12.0 Å². The van der Waals surface area contributed by atoms with Crippen LogP contribution >= 0.6 is 0 Å². The van der Waals surface area contributed by atoms with Gasteiger partial charge in [0.25, 0.3) is 0 Å². The number of halogens is 3. The van der Waals surface area contributed by atoms with Crippen LogP contribution in [0.25, 0.3) is 0 Å². The summed E-state index contributed by atoms with van der Waals surface area (Å²) < 4.78 is 49.1. The SMILES string of the molecule is O=C(OC1CCC(OC(F)F)CC1)C1CCC(C2CCCCC2)CC1F. The second kappa shape index (κ2) is 9.43. The fourth-order valence-electron chi connectivity index (χ4n) is 5.13. The van der Waals surface area contributed by atoms with Crippen molar-refractivity contribution in [3.05, 3.63) is 0 Å². The molecule has 0 amide bonds. The van der Waals surface area contributed by atoms with Crippen molar-refractivity contribution in [3.63, 3.8) is 0 Å². The van der Waals surface area contributed by atoms with Crippen molar-refractivity contribution in [2.24, 2.45) is 17.8 Å². The van der Waals surface area contributed by atoms with Crippen molar-refractivity contribution in [2.75, 3.05) is 0 Å². The van der Waals surface area contributed by atoms with Crippen molar-refractivity contribution in [1.82, 2.24) is 0 Å². The first kappa shape index (κ1) is 20.0. The number of ether oxygens (including phenoxy) is 2. The van der Waals surface area contributed by atoms with Gasteiger partial charge in [0.1, 0.15) is 12.3 Å². The van der Waals surface area contributed by atoms with Gasteiger partial charge in [-0.05, 0) is 56.8 Å². The highest BCUT2D eigenvalue weighted by Crippen LogP contribution is 2.41. The van der Waals surface area contributed by atoms with E-state index in [1.807, 2.05) is 0 Å². The smallest absolute Gasteiger partial charge is 0.345 e. The Morgan fingerprint density at radius 3 is 2.08 bits per heavy atom. The van der Waals surface area contributed by atoms with Crippen LogP contribution in [0.15, 0.2) is 0 Å². The number of esters is 1. The summed E-state index contributed by atoms with van der Waals surface area (Å²) in [5.74, 6) is -0.0388. The first-order valence-corrected chi connectivity index (χ1v) is 10.3. The lowest BCUT2D eigenvalue weighted by Gasteiger charge is -2.37. The Labute approximate surface area is 154 Å². The number of rotatable bonds is 5. The van der Waals surface area contributed by atoms with Gasteiger partial charge in [0, 0.05) is 0 Å². The van der Waals surface area contributed by atoms with Gasteiger partial charge in [0.15, 0.2) is 0 Å². The molecular weight excluding hydrogens is 345 g/mol. The molecule has 3 aliphatic rings. The maximum absolute atomic E-state index is 14.7. The molecule has 3 saturated carbocycles. The molecule has 0 aromatic carbocycles. The Bertz CT molecular complexity index is 446. The topological polar surface area (TPSA) is 35.5 Å². The summed E-state index contributed by atoms with van der Waals surface area (Å²) in [7, 11) is 0. The van der Waals surface area contributed by atoms with Gasteiger partial charge in [-0.25, -0.2) is 4.39 Å². The van der Waals surface area contributed by atoms with Gasteiger partial charge in [-0.15, -0.1) is 0 Å². The lowest BCUT2D eigenvalue weighted by Crippen LogP contribution is -2.38. The monoisotopic (exact) mass is 376 g/mol. The highest BCUT2D eigenvalue weighted by Gasteiger charge is 2.40. The first-order chi connectivity index (χ1) is 12.5. The van der Waals surface area contributed by atoms with Gasteiger partial charge < -0.3 is 9.47 Å². The van der Waals surface area contributed by atoms with Gasteiger partial charge in [-0.3, -0.25) is 4.79 Å². The molecule has 3 aliphatic carbocycles. The predicted molar refractivity (Wildman–Crippen MR) is 91.5 cm³/mol. The van der Waals surface area contributed by atoms with Crippen LogP contribution in [0.5, 0.6) is 0 Å². The molecule has 0 N–H and O–H groups in total.